The van der Waals surface area contributed by atoms with Gasteiger partial charge in [0.05, 0.1) is 0 Å². The van der Waals surface area contributed by atoms with Crippen LogP contribution in [0.3, 0.4) is 0 Å². The maximum absolute atomic E-state index is 12.8. The maximum atomic E-state index is 12.8. The molecule has 0 aliphatic carbocycles. The third-order valence-corrected chi connectivity index (χ3v) is 11.4. The van der Waals surface area contributed by atoms with Gasteiger partial charge < -0.3 is 14.2 Å². The van der Waals surface area contributed by atoms with Crippen molar-refractivity contribution in [3.05, 3.63) is 36.5 Å². The van der Waals surface area contributed by atoms with Gasteiger partial charge in [0.1, 0.15) is 13.2 Å². The van der Waals surface area contributed by atoms with Crippen molar-refractivity contribution in [3.63, 3.8) is 0 Å². The number of esters is 3. The first kappa shape index (κ1) is 57.6. The smallest absolute Gasteiger partial charge is 0.306 e. The van der Waals surface area contributed by atoms with E-state index in [2.05, 4.69) is 57.2 Å². The van der Waals surface area contributed by atoms with Crippen LogP contribution in [0, 0.1) is 0 Å². The number of carbonyl (C=O) groups is 3. The van der Waals surface area contributed by atoms with Crippen LogP contribution in [0.5, 0.6) is 0 Å². The van der Waals surface area contributed by atoms with Gasteiger partial charge in [-0.3, -0.25) is 14.4 Å². The fourth-order valence-corrected chi connectivity index (χ4v) is 7.52. The lowest BCUT2D eigenvalue weighted by Crippen LogP contribution is -2.30. The number of unbranched alkanes of at least 4 members (excludes halogenated alkanes) is 30. The topological polar surface area (TPSA) is 78.9 Å². The highest BCUT2D eigenvalue weighted by molar-refractivity contribution is 5.71. The van der Waals surface area contributed by atoms with Crippen molar-refractivity contribution < 1.29 is 28.6 Å². The van der Waals surface area contributed by atoms with Gasteiger partial charge in [0, 0.05) is 19.3 Å². The number of hydrogen-bond acceptors (Lipinski definition) is 6. The molecule has 1 atom stereocenters. The van der Waals surface area contributed by atoms with Crippen LogP contribution in [0.25, 0.3) is 0 Å². The molecule has 0 unspecified atom stereocenters. The summed E-state index contributed by atoms with van der Waals surface area (Å²) in [5.74, 6) is -0.879. The predicted molar refractivity (Wildman–Crippen MR) is 256 cm³/mol. The van der Waals surface area contributed by atoms with E-state index in [0.29, 0.717) is 19.3 Å². The quantitative estimate of drug-likeness (QED) is 0.0263. The normalized spacial score (nSPS) is 12.2. The van der Waals surface area contributed by atoms with Crippen LogP contribution in [0.2, 0.25) is 0 Å². The Balaban J connectivity index is 4.35. The second-order valence-corrected chi connectivity index (χ2v) is 17.4. The first-order valence-corrected chi connectivity index (χ1v) is 26.0. The molecule has 60 heavy (non-hydrogen) atoms. The lowest BCUT2D eigenvalue weighted by atomic mass is 10.0. The van der Waals surface area contributed by atoms with E-state index in [4.69, 9.17) is 14.2 Å². The van der Waals surface area contributed by atoms with Crippen molar-refractivity contribution in [2.24, 2.45) is 0 Å². The highest BCUT2D eigenvalue weighted by Gasteiger charge is 2.19. The molecule has 0 N–H and O–H groups in total. The number of carbonyl (C=O) groups excluding carboxylic acids is 3. The average molecular weight is 843 g/mol. The Labute approximate surface area is 372 Å². The summed E-state index contributed by atoms with van der Waals surface area (Å²) in [5.41, 5.74) is 0. The Morgan fingerprint density at radius 2 is 0.650 bits per heavy atom. The summed E-state index contributed by atoms with van der Waals surface area (Å²) in [7, 11) is 0. The van der Waals surface area contributed by atoms with Crippen molar-refractivity contribution in [1.82, 2.24) is 0 Å². The van der Waals surface area contributed by atoms with Crippen LogP contribution in [-0.2, 0) is 28.6 Å². The predicted octanol–water partition coefficient (Wildman–Crippen LogP) is 16.9. The average Bonchev–Trinajstić information content (AvgIpc) is 3.24. The van der Waals surface area contributed by atoms with Crippen molar-refractivity contribution in [2.45, 2.75) is 277 Å². The number of rotatable bonds is 47. The Hall–Kier alpha value is -2.37. The fourth-order valence-electron chi connectivity index (χ4n) is 7.52. The van der Waals surface area contributed by atoms with Gasteiger partial charge >= 0.3 is 17.9 Å². The van der Waals surface area contributed by atoms with Crippen LogP contribution >= 0.6 is 0 Å². The molecule has 0 aromatic rings. The van der Waals surface area contributed by atoms with Gasteiger partial charge in [0.15, 0.2) is 6.10 Å². The maximum Gasteiger partial charge on any atom is 0.306 e. The summed E-state index contributed by atoms with van der Waals surface area (Å²) in [5, 5.41) is 0. The minimum Gasteiger partial charge on any atom is -0.462 e. The van der Waals surface area contributed by atoms with Crippen LogP contribution in [-0.4, -0.2) is 37.2 Å². The summed E-state index contributed by atoms with van der Waals surface area (Å²) < 4.78 is 16.8. The molecule has 0 rings (SSSR count). The fraction of sp³-hybridized carbons (Fsp3) is 0.833. The second kappa shape index (κ2) is 49.3. The third-order valence-electron chi connectivity index (χ3n) is 11.4. The second-order valence-electron chi connectivity index (χ2n) is 17.4. The van der Waals surface area contributed by atoms with Gasteiger partial charge in [0.2, 0.25) is 0 Å². The zero-order chi connectivity index (χ0) is 43.7. The Morgan fingerprint density at radius 1 is 0.350 bits per heavy atom. The lowest BCUT2D eigenvalue weighted by Gasteiger charge is -2.18. The highest BCUT2D eigenvalue weighted by atomic mass is 16.6. The van der Waals surface area contributed by atoms with E-state index in [9.17, 15) is 14.4 Å². The minimum atomic E-state index is -0.773. The van der Waals surface area contributed by atoms with Gasteiger partial charge in [-0.25, -0.2) is 0 Å². The molecule has 0 saturated carbocycles. The van der Waals surface area contributed by atoms with Gasteiger partial charge in [-0.15, -0.1) is 0 Å². The number of allylic oxidation sites excluding steroid dienone is 6. The van der Waals surface area contributed by atoms with E-state index in [0.717, 1.165) is 96.3 Å². The molecule has 0 aromatic carbocycles. The molecule has 0 amide bonds. The zero-order valence-corrected chi connectivity index (χ0v) is 40.0. The Bertz CT molecular complexity index is 1020. The van der Waals surface area contributed by atoms with Crippen molar-refractivity contribution in [2.75, 3.05) is 13.2 Å². The Morgan fingerprint density at radius 3 is 1.02 bits per heavy atom. The molecule has 0 spiro atoms. The molecule has 6 nitrogen and oxygen atoms in total. The molecule has 350 valence electrons. The third kappa shape index (κ3) is 46.7. The molecule has 6 heteroatoms. The van der Waals surface area contributed by atoms with E-state index < -0.39 is 6.10 Å². The first-order chi connectivity index (χ1) is 29.5. The summed E-state index contributed by atoms with van der Waals surface area (Å²) in [6.07, 6.45) is 56.9. The van der Waals surface area contributed by atoms with E-state index in [-0.39, 0.29) is 31.1 Å². The largest absolute Gasteiger partial charge is 0.462 e. The molecule has 0 heterocycles. The summed E-state index contributed by atoms with van der Waals surface area (Å²) in [4.78, 5) is 37.9. The van der Waals surface area contributed by atoms with E-state index >= 15 is 0 Å². The SMILES string of the molecule is CC/C=C\C/C=C\C/C=C\CCCCCCCC(=O)OC[C@H](COC(=O)CCCCCCCCCCCCCCCCC)OC(=O)CCCCCCCCCCCCCC. The Kier molecular flexibility index (Phi) is 47.3. The van der Waals surface area contributed by atoms with Crippen molar-refractivity contribution in [1.29, 1.82) is 0 Å². The summed E-state index contributed by atoms with van der Waals surface area (Å²) in [6.45, 7) is 6.53. The highest BCUT2D eigenvalue weighted by Crippen LogP contribution is 2.16. The van der Waals surface area contributed by atoms with Crippen LogP contribution in [0.1, 0.15) is 271 Å². The lowest BCUT2D eigenvalue weighted by molar-refractivity contribution is -0.167. The van der Waals surface area contributed by atoms with Gasteiger partial charge in [-0.2, -0.15) is 0 Å². The first-order valence-electron chi connectivity index (χ1n) is 26.0. The monoisotopic (exact) mass is 843 g/mol. The van der Waals surface area contributed by atoms with Crippen molar-refractivity contribution >= 4 is 17.9 Å². The van der Waals surface area contributed by atoms with Crippen molar-refractivity contribution in [3.8, 4) is 0 Å². The molecular formula is C54H98O6. The van der Waals surface area contributed by atoms with Crippen LogP contribution in [0.15, 0.2) is 36.5 Å². The molecule has 0 radical (unpaired) electrons. The molecule has 0 aliphatic rings. The molecule has 0 saturated heterocycles. The minimum absolute atomic E-state index is 0.0733. The number of ether oxygens (including phenoxy) is 3. The van der Waals surface area contributed by atoms with Gasteiger partial charge in [0.25, 0.3) is 0 Å². The van der Waals surface area contributed by atoms with E-state index in [1.54, 1.807) is 0 Å². The summed E-state index contributed by atoms with van der Waals surface area (Å²) in [6, 6.07) is 0. The van der Waals surface area contributed by atoms with Gasteiger partial charge in [-0.1, -0.05) is 237 Å². The molecule has 0 fully saturated rings. The van der Waals surface area contributed by atoms with Crippen LogP contribution in [0.4, 0.5) is 0 Å². The standard InChI is InChI=1S/C54H98O6/c1-4-7-10-13-16-19-22-25-27-29-32-34-37-40-43-46-52(55)58-49-51(60-54(57)48-45-42-39-36-31-24-21-18-15-12-9-6-3)50-59-53(56)47-44-41-38-35-33-30-28-26-23-20-17-14-11-8-5-2/h7,10,16,19,25,27,51H,4-6,8-9,11-15,17-18,20-24,26,28-50H2,1-3H3/b10-7-,19-16-,27-25-/t51-/m1/s1. The molecule has 0 aromatic heterocycles. The number of hydrogen-bond donors (Lipinski definition) is 0. The van der Waals surface area contributed by atoms with Gasteiger partial charge in [-0.05, 0) is 51.4 Å². The molecule has 0 bridgehead atoms. The molecular weight excluding hydrogens is 745 g/mol. The summed E-state index contributed by atoms with van der Waals surface area (Å²) >= 11 is 0. The van der Waals surface area contributed by atoms with Crippen LogP contribution < -0.4 is 0 Å². The van der Waals surface area contributed by atoms with E-state index in [1.807, 2.05) is 0 Å². The molecule has 0 aliphatic heterocycles. The van der Waals surface area contributed by atoms with E-state index in [1.165, 1.54) is 135 Å². The zero-order valence-electron chi connectivity index (χ0n) is 40.0.